The lowest BCUT2D eigenvalue weighted by atomic mass is 10.00. The summed E-state index contributed by atoms with van der Waals surface area (Å²) >= 11 is 0. The topological polar surface area (TPSA) is 326 Å². The Morgan fingerprint density at radius 2 is 1.39 bits per heavy atom. The van der Waals surface area contributed by atoms with E-state index in [1.54, 1.807) is 31.2 Å². The Balaban J connectivity index is 2.36. The Morgan fingerprint density at radius 3 is 2.02 bits per heavy atom. The zero-order valence-corrected chi connectivity index (χ0v) is 36.6. The third-order valence-electron chi connectivity index (χ3n) is 9.74. The van der Waals surface area contributed by atoms with Gasteiger partial charge in [-0.3, -0.25) is 48.1 Å². The van der Waals surface area contributed by atoms with Gasteiger partial charge in [0.1, 0.15) is 42.3 Å². The van der Waals surface area contributed by atoms with Crippen molar-refractivity contribution < 1.29 is 43.2 Å². The number of carbonyl (C=O) groups excluding carboxylic acids is 9. The second kappa shape index (κ2) is 26.8. The Hall–Kier alpha value is -6.28. The van der Waals surface area contributed by atoms with Gasteiger partial charge in [0.2, 0.25) is 53.2 Å². The predicted octanol–water partition coefficient (Wildman–Crippen LogP) is -2.39. The van der Waals surface area contributed by atoms with E-state index in [9.17, 15) is 43.2 Å². The molecule has 0 saturated carbocycles. The van der Waals surface area contributed by atoms with Crippen molar-refractivity contribution in [1.29, 1.82) is 0 Å². The van der Waals surface area contributed by atoms with Crippen molar-refractivity contribution in [2.24, 2.45) is 22.4 Å². The van der Waals surface area contributed by atoms with Crippen molar-refractivity contribution in [3.8, 4) is 0 Å². The number of benzene rings is 1. The fourth-order valence-electron chi connectivity index (χ4n) is 6.37. The highest BCUT2D eigenvalue weighted by Crippen LogP contribution is 2.11. The molecule has 0 aliphatic carbocycles. The zero-order valence-electron chi connectivity index (χ0n) is 36.6. The molecule has 0 bridgehead atoms. The lowest BCUT2D eigenvalue weighted by Gasteiger charge is -2.28. The quantitative estimate of drug-likeness (QED) is 0.0420. The van der Waals surface area contributed by atoms with Crippen molar-refractivity contribution in [3.63, 3.8) is 0 Å². The van der Waals surface area contributed by atoms with E-state index in [0.717, 1.165) is 5.56 Å². The van der Waals surface area contributed by atoms with Gasteiger partial charge in [-0.05, 0) is 70.3 Å². The van der Waals surface area contributed by atoms with Crippen molar-refractivity contribution in [1.82, 2.24) is 47.9 Å². The van der Waals surface area contributed by atoms with Gasteiger partial charge < -0.3 is 59.3 Å². The molecule has 0 radical (unpaired) electrons. The smallest absolute Gasteiger partial charge is 0.243 e. The number of nitrogens with one attached hydrogen (secondary N) is 9. The lowest BCUT2D eigenvalue weighted by Crippen LogP contribution is -2.60. The largest absolute Gasteiger partial charge is 0.370 e. The minimum Gasteiger partial charge on any atom is -0.370 e. The maximum Gasteiger partial charge on any atom is 0.243 e. The van der Waals surface area contributed by atoms with Crippen molar-refractivity contribution in [2.45, 2.75) is 135 Å². The van der Waals surface area contributed by atoms with Crippen LogP contribution in [0.4, 0.5) is 0 Å². The molecule has 0 aromatic heterocycles. The summed E-state index contributed by atoms with van der Waals surface area (Å²) in [6.07, 6.45) is 1.44. The van der Waals surface area contributed by atoms with Crippen LogP contribution < -0.4 is 59.3 Å². The van der Waals surface area contributed by atoms with E-state index in [4.69, 9.17) is 11.5 Å². The molecule has 1 fully saturated rings. The summed E-state index contributed by atoms with van der Waals surface area (Å²) in [5.74, 6) is -5.86. The van der Waals surface area contributed by atoms with Gasteiger partial charge in [0, 0.05) is 26.4 Å². The summed E-state index contributed by atoms with van der Waals surface area (Å²) in [5.41, 5.74) is 11.7. The summed E-state index contributed by atoms with van der Waals surface area (Å²) in [7, 11) is 0. The molecular formula is C41H66N12O9. The minimum absolute atomic E-state index is 0.00977. The molecule has 1 aromatic rings. The van der Waals surface area contributed by atoms with Crippen LogP contribution in [0.5, 0.6) is 0 Å². The molecule has 21 nitrogen and oxygen atoms in total. The predicted molar refractivity (Wildman–Crippen MR) is 230 cm³/mol. The fraction of sp³-hybridized carbons (Fsp3) is 0.610. The number of amides is 9. The normalized spacial score (nSPS) is 19.7. The van der Waals surface area contributed by atoms with Gasteiger partial charge in [-0.2, -0.15) is 0 Å². The highest BCUT2D eigenvalue weighted by atomic mass is 16.2. The van der Waals surface area contributed by atoms with E-state index >= 15 is 0 Å². The summed E-state index contributed by atoms with van der Waals surface area (Å²) in [4.78, 5) is 122. The fourth-order valence-corrected chi connectivity index (χ4v) is 6.37. The van der Waals surface area contributed by atoms with Crippen LogP contribution in [-0.2, 0) is 49.6 Å². The van der Waals surface area contributed by atoms with Gasteiger partial charge in [-0.15, -0.1) is 0 Å². The van der Waals surface area contributed by atoms with Gasteiger partial charge in [0.15, 0.2) is 5.96 Å². The van der Waals surface area contributed by atoms with Crippen LogP contribution in [0.1, 0.15) is 92.1 Å². The molecular weight excluding hydrogens is 805 g/mol. The number of nitrogens with zero attached hydrogens (tertiary/aromatic N) is 1. The second-order valence-electron chi connectivity index (χ2n) is 15.7. The standard InChI is InChI=1S/C41H66N12O9/c1-7-28(49-35(57)25(5)48-34(56)24(4)47-26(6)54)37(59)50-30(17-13-19-45-41(42)43)38(60)51-29-16-11-12-18-44-33(55)22-46-36(58)32(21-27-14-9-8-10-15-27)53-40(62)31(20-23(2)3)52-39(29)61/h8-10,14-15,23-25,28-32H,7,11-13,16-22H2,1-6H3,(H,44,55)(H,46,58)(H,47,54)(H,48,56)(H,49,57)(H,50,59)(H,51,60)(H,52,61)(H,53,62)(H4,42,43,45)/t24-,25-,28-,29-,30-,31-,32-/m0/s1. The van der Waals surface area contributed by atoms with Crippen LogP contribution >= 0.6 is 0 Å². The van der Waals surface area contributed by atoms with Crippen LogP contribution in [0.3, 0.4) is 0 Å². The Bertz CT molecular complexity index is 1740. The highest BCUT2D eigenvalue weighted by Gasteiger charge is 2.33. The molecule has 344 valence electrons. The summed E-state index contributed by atoms with van der Waals surface area (Å²) in [6.45, 7) is 9.44. The van der Waals surface area contributed by atoms with E-state index in [1.165, 1.54) is 20.8 Å². The number of aliphatic imine (C=N–C) groups is 1. The van der Waals surface area contributed by atoms with E-state index in [1.807, 2.05) is 19.9 Å². The third-order valence-corrected chi connectivity index (χ3v) is 9.74. The molecule has 1 aromatic carbocycles. The first-order valence-corrected chi connectivity index (χ1v) is 21.0. The Kier molecular flexibility index (Phi) is 22.4. The Morgan fingerprint density at radius 1 is 0.758 bits per heavy atom. The summed E-state index contributed by atoms with van der Waals surface area (Å²) in [6, 6.07) is 1.15. The minimum atomic E-state index is -1.25. The highest BCUT2D eigenvalue weighted by molar-refractivity contribution is 5.97. The number of carbonyl (C=O) groups is 9. The van der Waals surface area contributed by atoms with Gasteiger partial charge in [-0.1, -0.05) is 51.1 Å². The van der Waals surface area contributed by atoms with Gasteiger partial charge in [0.25, 0.3) is 0 Å². The molecule has 9 amide bonds. The maximum atomic E-state index is 14.1. The molecule has 1 aliphatic heterocycles. The molecule has 0 unspecified atom stereocenters. The third kappa shape index (κ3) is 19.4. The van der Waals surface area contributed by atoms with Crippen LogP contribution in [0.25, 0.3) is 0 Å². The Labute approximate surface area is 362 Å². The van der Waals surface area contributed by atoms with Gasteiger partial charge in [-0.25, -0.2) is 0 Å². The average Bonchev–Trinajstić information content (AvgIpc) is 3.20. The number of hydrogen-bond donors (Lipinski definition) is 11. The zero-order chi connectivity index (χ0) is 46.4. The number of nitrogens with two attached hydrogens (primary N) is 2. The first-order chi connectivity index (χ1) is 29.3. The lowest BCUT2D eigenvalue weighted by molar-refractivity contribution is -0.136. The van der Waals surface area contributed by atoms with Crippen LogP contribution in [-0.4, -0.2) is 121 Å². The molecule has 0 spiro atoms. The molecule has 1 saturated heterocycles. The monoisotopic (exact) mass is 871 g/mol. The molecule has 1 heterocycles. The van der Waals surface area contributed by atoms with Crippen molar-refractivity contribution in [2.75, 3.05) is 19.6 Å². The number of hydrogen-bond acceptors (Lipinski definition) is 10. The SMILES string of the molecule is CC[C@H](NC(=O)[C@H](C)NC(=O)[C@H](C)NC(C)=O)C(=O)N[C@@H](CCCN=C(N)N)C(=O)N[C@H]1CCCCNC(=O)CNC(=O)[C@H](Cc2ccccc2)NC(=O)[C@H](CC(C)C)NC1=O. The van der Waals surface area contributed by atoms with E-state index in [0.29, 0.717) is 12.8 Å². The maximum absolute atomic E-state index is 14.1. The van der Waals surface area contributed by atoms with Gasteiger partial charge in [0.05, 0.1) is 6.54 Å². The van der Waals surface area contributed by atoms with Crippen molar-refractivity contribution >= 4 is 59.1 Å². The van der Waals surface area contributed by atoms with Gasteiger partial charge >= 0.3 is 0 Å². The molecule has 1 aliphatic rings. The van der Waals surface area contributed by atoms with E-state index < -0.39 is 95.5 Å². The summed E-state index contributed by atoms with van der Waals surface area (Å²) < 4.78 is 0. The van der Waals surface area contributed by atoms with Crippen LogP contribution in [0.15, 0.2) is 35.3 Å². The first-order valence-electron chi connectivity index (χ1n) is 21.0. The molecule has 7 atom stereocenters. The molecule has 62 heavy (non-hydrogen) atoms. The average molecular weight is 871 g/mol. The van der Waals surface area contributed by atoms with Crippen LogP contribution in [0, 0.1) is 5.92 Å². The summed E-state index contributed by atoms with van der Waals surface area (Å²) in [5, 5.41) is 23.7. The number of rotatable bonds is 18. The molecule has 13 N–H and O–H groups in total. The second-order valence-corrected chi connectivity index (χ2v) is 15.7. The number of guanidine groups is 1. The van der Waals surface area contributed by atoms with E-state index in [2.05, 4.69) is 52.8 Å². The van der Waals surface area contributed by atoms with Crippen molar-refractivity contribution in [3.05, 3.63) is 35.9 Å². The molecule has 2 rings (SSSR count). The first kappa shape index (κ1) is 51.9. The van der Waals surface area contributed by atoms with E-state index in [-0.39, 0.29) is 70.0 Å². The molecule has 21 heteroatoms. The van der Waals surface area contributed by atoms with Crippen LogP contribution in [0.2, 0.25) is 0 Å².